The first-order valence-electron chi connectivity index (χ1n) is 5.43. The third-order valence-electron chi connectivity index (χ3n) is 2.43. The topological polar surface area (TPSA) is 29.1 Å². The van der Waals surface area contributed by atoms with Crippen LogP contribution in [-0.2, 0) is 6.42 Å². The van der Waals surface area contributed by atoms with E-state index in [1.165, 1.54) is 4.88 Å². The number of halogens is 2. The van der Waals surface area contributed by atoms with Crippen molar-refractivity contribution in [2.24, 2.45) is 0 Å². The largest absolute Gasteiger partial charge is 0.352 e. The maximum absolute atomic E-state index is 11.9. The Morgan fingerprint density at radius 2 is 2.06 bits per heavy atom. The lowest BCUT2D eigenvalue weighted by Crippen LogP contribution is -2.25. The second-order valence-corrected chi connectivity index (χ2v) is 5.50. The van der Waals surface area contributed by atoms with Crippen molar-refractivity contribution >= 4 is 40.4 Å². The second-order valence-electron chi connectivity index (χ2n) is 3.69. The summed E-state index contributed by atoms with van der Waals surface area (Å²) >= 11 is 13.5. The van der Waals surface area contributed by atoms with Crippen LogP contribution in [0.1, 0.15) is 15.2 Å². The number of thiophene rings is 1. The van der Waals surface area contributed by atoms with Crippen LogP contribution < -0.4 is 5.32 Å². The van der Waals surface area contributed by atoms with Crippen molar-refractivity contribution in [3.05, 3.63) is 56.2 Å². The molecule has 18 heavy (non-hydrogen) atoms. The summed E-state index contributed by atoms with van der Waals surface area (Å²) in [6.07, 6.45) is 0.821. The molecule has 0 saturated carbocycles. The van der Waals surface area contributed by atoms with Gasteiger partial charge in [0.15, 0.2) is 0 Å². The first kappa shape index (κ1) is 13.4. The Bertz CT molecular complexity index is 540. The minimum atomic E-state index is -0.195. The van der Waals surface area contributed by atoms with Gasteiger partial charge in [-0.1, -0.05) is 35.3 Å². The standard InChI is InChI=1S/C13H11Cl2NOS/c14-11-5-1-4-10(12(11)15)13(17)16-7-6-9-3-2-8-18-9/h1-5,8H,6-7H2,(H,16,17). The Balaban J connectivity index is 1.93. The van der Waals surface area contributed by atoms with E-state index in [9.17, 15) is 4.79 Å². The molecule has 2 rings (SSSR count). The number of carbonyl (C=O) groups excluding carboxylic acids is 1. The average Bonchev–Trinajstić information content (AvgIpc) is 2.85. The molecule has 0 saturated heterocycles. The molecule has 0 aliphatic heterocycles. The highest BCUT2D eigenvalue weighted by Gasteiger charge is 2.11. The van der Waals surface area contributed by atoms with E-state index < -0.39 is 0 Å². The van der Waals surface area contributed by atoms with Crippen LogP contribution in [0.3, 0.4) is 0 Å². The van der Waals surface area contributed by atoms with E-state index in [4.69, 9.17) is 23.2 Å². The van der Waals surface area contributed by atoms with Crippen molar-refractivity contribution in [3.8, 4) is 0 Å². The van der Waals surface area contributed by atoms with Gasteiger partial charge in [0.05, 0.1) is 15.6 Å². The smallest absolute Gasteiger partial charge is 0.252 e. The molecule has 0 bridgehead atoms. The van der Waals surface area contributed by atoms with Crippen LogP contribution in [0.15, 0.2) is 35.7 Å². The molecule has 5 heteroatoms. The SMILES string of the molecule is O=C(NCCc1cccs1)c1cccc(Cl)c1Cl. The van der Waals surface area contributed by atoms with E-state index in [0.717, 1.165) is 6.42 Å². The van der Waals surface area contributed by atoms with Crippen molar-refractivity contribution in [2.45, 2.75) is 6.42 Å². The number of amides is 1. The molecular weight excluding hydrogens is 289 g/mol. The predicted octanol–water partition coefficient (Wildman–Crippen LogP) is 4.03. The minimum Gasteiger partial charge on any atom is -0.352 e. The summed E-state index contributed by atoms with van der Waals surface area (Å²) in [7, 11) is 0. The highest BCUT2D eigenvalue weighted by Crippen LogP contribution is 2.25. The Labute approximate surface area is 120 Å². The van der Waals surface area contributed by atoms with Gasteiger partial charge in [0.25, 0.3) is 5.91 Å². The van der Waals surface area contributed by atoms with Gasteiger partial charge in [-0.2, -0.15) is 0 Å². The lowest BCUT2D eigenvalue weighted by molar-refractivity contribution is 0.0954. The fraction of sp³-hybridized carbons (Fsp3) is 0.154. The summed E-state index contributed by atoms with van der Waals surface area (Å²) in [5.41, 5.74) is 0.412. The molecular formula is C13H11Cl2NOS. The van der Waals surface area contributed by atoms with Crippen molar-refractivity contribution in [3.63, 3.8) is 0 Å². The summed E-state index contributed by atoms with van der Waals surface area (Å²) in [5, 5.41) is 5.54. The van der Waals surface area contributed by atoms with Crippen LogP contribution in [0.5, 0.6) is 0 Å². The molecule has 1 aromatic heterocycles. The quantitative estimate of drug-likeness (QED) is 0.907. The third kappa shape index (κ3) is 3.25. The molecule has 1 heterocycles. The highest BCUT2D eigenvalue weighted by atomic mass is 35.5. The average molecular weight is 300 g/mol. The Hall–Kier alpha value is -1.03. The molecule has 94 valence electrons. The Morgan fingerprint density at radius 3 is 2.78 bits per heavy atom. The number of benzene rings is 1. The monoisotopic (exact) mass is 299 g/mol. The summed E-state index contributed by atoms with van der Waals surface area (Å²) in [6.45, 7) is 0.586. The molecule has 0 unspecified atom stereocenters. The number of hydrogen-bond acceptors (Lipinski definition) is 2. The van der Waals surface area contributed by atoms with Crippen molar-refractivity contribution in [2.75, 3.05) is 6.54 Å². The maximum Gasteiger partial charge on any atom is 0.252 e. The van der Waals surface area contributed by atoms with E-state index in [1.807, 2.05) is 17.5 Å². The van der Waals surface area contributed by atoms with Crippen LogP contribution in [0.4, 0.5) is 0 Å². The normalized spacial score (nSPS) is 10.3. The van der Waals surface area contributed by atoms with Gasteiger partial charge >= 0.3 is 0 Å². The van der Waals surface area contributed by atoms with Gasteiger partial charge in [-0.15, -0.1) is 11.3 Å². The van der Waals surface area contributed by atoms with Crippen LogP contribution in [-0.4, -0.2) is 12.5 Å². The zero-order chi connectivity index (χ0) is 13.0. The van der Waals surface area contributed by atoms with Crippen molar-refractivity contribution < 1.29 is 4.79 Å². The van der Waals surface area contributed by atoms with Gasteiger partial charge < -0.3 is 5.32 Å². The molecule has 1 N–H and O–H groups in total. The Morgan fingerprint density at radius 1 is 1.22 bits per heavy atom. The molecule has 2 nitrogen and oxygen atoms in total. The molecule has 0 spiro atoms. The summed E-state index contributed by atoms with van der Waals surface area (Å²) in [4.78, 5) is 13.1. The molecule has 0 atom stereocenters. The number of rotatable bonds is 4. The van der Waals surface area contributed by atoms with Crippen LogP contribution >= 0.6 is 34.5 Å². The minimum absolute atomic E-state index is 0.195. The number of hydrogen-bond donors (Lipinski definition) is 1. The zero-order valence-corrected chi connectivity index (χ0v) is 11.8. The molecule has 0 radical (unpaired) electrons. The second kappa shape index (κ2) is 6.23. The van der Waals surface area contributed by atoms with Gasteiger partial charge in [-0.05, 0) is 30.0 Å². The fourth-order valence-corrected chi connectivity index (χ4v) is 2.62. The summed E-state index contributed by atoms with van der Waals surface area (Å²) in [5.74, 6) is -0.195. The molecule has 0 aliphatic carbocycles. The lowest BCUT2D eigenvalue weighted by Gasteiger charge is -2.06. The van der Waals surface area contributed by atoms with Crippen molar-refractivity contribution in [1.82, 2.24) is 5.32 Å². The number of nitrogens with one attached hydrogen (secondary N) is 1. The van der Waals surface area contributed by atoms with E-state index in [0.29, 0.717) is 22.2 Å². The van der Waals surface area contributed by atoms with E-state index >= 15 is 0 Å². The number of carbonyl (C=O) groups is 1. The van der Waals surface area contributed by atoms with Crippen LogP contribution in [0, 0.1) is 0 Å². The van der Waals surface area contributed by atoms with Crippen LogP contribution in [0.2, 0.25) is 10.0 Å². The van der Waals surface area contributed by atoms with Gasteiger partial charge in [0, 0.05) is 11.4 Å². The van der Waals surface area contributed by atoms with Crippen LogP contribution in [0.25, 0.3) is 0 Å². The summed E-state index contributed by atoms with van der Waals surface area (Å²) in [6, 6.07) is 9.07. The molecule has 0 fully saturated rings. The molecule has 0 aliphatic rings. The molecule has 1 amide bonds. The molecule has 1 aromatic carbocycles. The Kier molecular flexibility index (Phi) is 4.64. The van der Waals surface area contributed by atoms with E-state index in [-0.39, 0.29) is 5.91 Å². The van der Waals surface area contributed by atoms with E-state index in [1.54, 1.807) is 29.5 Å². The maximum atomic E-state index is 11.9. The predicted molar refractivity (Wildman–Crippen MR) is 76.8 cm³/mol. The fourth-order valence-electron chi connectivity index (χ4n) is 1.53. The first-order chi connectivity index (χ1) is 8.68. The third-order valence-corrected chi connectivity index (χ3v) is 4.19. The van der Waals surface area contributed by atoms with E-state index in [2.05, 4.69) is 5.32 Å². The van der Waals surface area contributed by atoms with Gasteiger partial charge in [0.1, 0.15) is 0 Å². The van der Waals surface area contributed by atoms with Gasteiger partial charge in [0.2, 0.25) is 0 Å². The van der Waals surface area contributed by atoms with Gasteiger partial charge in [-0.3, -0.25) is 4.79 Å². The molecule has 2 aromatic rings. The van der Waals surface area contributed by atoms with Crippen molar-refractivity contribution in [1.29, 1.82) is 0 Å². The highest BCUT2D eigenvalue weighted by molar-refractivity contribution is 7.09. The lowest BCUT2D eigenvalue weighted by atomic mass is 10.2. The summed E-state index contributed by atoms with van der Waals surface area (Å²) < 4.78 is 0. The first-order valence-corrected chi connectivity index (χ1v) is 7.06. The van der Waals surface area contributed by atoms with Gasteiger partial charge in [-0.25, -0.2) is 0 Å². The zero-order valence-electron chi connectivity index (χ0n) is 9.45.